The number of H-pyrrole nitrogens is 1. The third-order valence-corrected chi connectivity index (χ3v) is 7.29. The zero-order chi connectivity index (χ0) is 28.0. The molecule has 0 spiro atoms. The summed E-state index contributed by atoms with van der Waals surface area (Å²) >= 11 is 0. The molecule has 1 atom stereocenters. The van der Waals surface area contributed by atoms with E-state index in [4.69, 9.17) is 4.74 Å². The van der Waals surface area contributed by atoms with Gasteiger partial charge in [0.15, 0.2) is 0 Å². The number of aromatic nitrogens is 5. The number of benzene rings is 2. The second-order valence-electron chi connectivity index (χ2n) is 9.72. The Bertz CT molecular complexity index is 1770. The number of carbonyl (C=O) groups excluding carboxylic acids is 3. The molecule has 0 saturated heterocycles. The van der Waals surface area contributed by atoms with Gasteiger partial charge in [0.2, 0.25) is 11.7 Å². The molecule has 40 heavy (non-hydrogen) atoms. The zero-order valence-electron chi connectivity index (χ0n) is 22.2. The molecule has 11 heteroatoms. The maximum absolute atomic E-state index is 13.5. The van der Waals surface area contributed by atoms with Crippen LogP contribution in [0.3, 0.4) is 0 Å². The molecule has 2 N–H and O–H groups in total. The van der Waals surface area contributed by atoms with E-state index in [2.05, 4.69) is 20.5 Å². The van der Waals surface area contributed by atoms with Gasteiger partial charge in [-0.2, -0.15) is 0 Å². The fourth-order valence-electron chi connectivity index (χ4n) is 5.28. The van der Waals surface area contributed by atoms with Gasteiger partial charge in [0, 0.05) is 38.5 Å². The van der Waals surface area contributed by atoms with E-state index >= 15 is 0 Å². The molecule has 1 aliphatic rings. The average Bonchev–Trinajstić information content (AvgIpc) is 3.67. The highest BCUT2D eigenvalue weighted by Crippen LogP contribution is 2.36. The first kappa shape index (κ1) is 25.1. The minimum Gasteiger partial charge on any atom is -0.464 e. The summed E-state index contributed by atoms with van der Waals surface area (Å²) in [6.07, 6.45) is 2.72. The Hall–Kier alpha value is -5.19. The molecule has 0 bridgehead atoms. The number of anilines is 1. The molecular weight excluding hydrogens is 510 g/mol. The van der Waals surface area contributed by atoms with Crippen LogP contribution in [0, 0.1) is 0 Å². The highest BCUT2D eigenvalue weighted by atomic mass is 16.5. The van der Waals surface area contributed by atoms with Crippen molar-refractivity contribution in [2.75, 3.05) is 19.1 Å². The Morgan fingerprint density at radius 3 is 2.65 bits per heavy atom. The minimum absolute atomic E-state index is 0.0231. The van der Waals surface area contributed by atoms with Gasteiger partial charge in [-0.15, -0.1) is 5.10 Å². The van der Waals surface area contributed by atoms with Crippen LogP contribution >= 0.6 is 0 Å². The van der Waals surface area contributed by atoms with E-state index in [1.807, 2.05) is 65.4 Å². The van der Waals surface area contributed by atoms with E-state index in [0.29, 0.717) is 17.9 Å². The Balaban J connectivity index is 1.31. The number of hydrogen-bond acceptors (Lipinski definition) is 6. The minimum atomic E-state index is -0.834. The van der Waals surface area contributed by atoms with Crippen LogP contribution in [-0.4, -0.2) is 62.3 Å². The van der Waals surface area contributed by atoms with Gasteiger partial charge in [-0.05, 0) is 35.4 Å². The van der Waals surface area contributed by atoms with Crippen molar-refractivity contribution in [2.45, 2.75) is 18.9 Å². The van der Waals surface area contributed by atoms with Crippen LogP contribution in [0.15, 0.2) is 66.9 Å². The number of amides is 2. The largest absolute Gasteiger partial charge is 0.464 e. The number of methoxy groups -OCH3 is 1. The number of rotatable bonds is 6. The van der Waals surface area contributed by atoms with Crippen LogP contribution in [0.1, 0.15) is 38.1 Å². The smallest absolute Gasteiger partial charge is 0.354 e. The lowest BCUT2D eigenvalue weighted by Gasteiger charge is -2.22. The second kappa shape index (κ2) is 9.84. The van der Waals surface area contributed by atoms with E-state index in [0.717, 1.165) is 33.5 Å². The molecule has 0 fully saturated rings. The zero-order valence-corrected chi connectivity index (χ0v) is 22.2. The normalized spacial score (nSPS) is 14.8. The lowest BCUT2D eigenvalue weighted by molar-refractivity contribution is -0.120. The molecule has 5 aromatic rings. The topological polar surface area (TPSA) is 127 Å². The molecule has 0 unspecified atom stereocenters. The first-order valence-electron chi connectivity index (χ1n) is 12.8. The molecule has 2 aromatic carbocycles. The number of carbonyl (C=O) groups is 3. The van der Waals surface area contributed by atoms with Crippen LogP contribution in [-0.2, 0) is 29.4 Å². The summed E-state index contributed by atoms with van der Waals surface area (Å²) in [6, 6.07) is 18.2. The van der Waals surface area contributed by atoms with Gasteiger partial charge in [0.25, 0.3) is 5.91 Å². The number of hydrogen-bond donors (Lipinski definition) is 2. The summed E-state index contributed by atoms with van der Waals surface area (Å²) in [5.74, 6) is 0.0881. The third kappa shape index (κ3) is 4.21. The van der Waals surface area contributed by atoms with Gasteiger partial charge in [-0.25, -0.2) is 9.78 Å². The Kier molecular flexibility index (Phi) is 6.18. The van der Waals surface area contributed by atoms with Gasteiger partial charge in [0.05, 0.1) is 18.3 Å². The van der Waals surface area contributed by atoms with E-state index in [1.54, 1.807) is 29.6 Å². The van der Waals surface area contributed by atoms with Crippen LogP contribution in [0.2, 0.25) is 0 Å². The molecule has 0 radical (unpaired) electrons. The number of aromatic amines is 1. The third-order valence-electron chi connectivity index (χ3n) is 7.29. The van der Waals surface area contributed by atoms with E-state index in [9.17, 15) is 14.4 Å². The average molecular weight is 538 g/mol. The predicted octanol–water partition coefficient (Wildman–Crippen LogP) is 2.78. The highest BCUT2D eigenvalue weighted by molar-refractivity contribution is 6.09. The lowest BCUT2D eigenvalue weighted by atomic mass is 10.1. The van der Waals surface area contributed by atoms with Gasteiger partial charge in [0.1, 0.15) is 23.4 Å². The summed E-state index contributed by atoms with van der Waals surface area (Å²) in [5.41, 5.74) is 3.94. The Labute approximate surface area is 229 Å². The monoisotopic (exact) mass is 537 g/mol. The summed E-state index contributed by atoms with van der Waals surface area (Å²) in [4.78, 5) is 44.7. The van der Waals surface area contributed by atoms with E-state index in [1.165, 1.54) is 7.11 Å². The summed E-state index contributed by atoms with van der Waals surface area (Å²) < 4.78 is 8.65. The van der Waals surface area contributed by atoms with Crippen molar-refractivity contribution in [2.24, 2.45) is 7.05 Å². The first-order valence-corrected chi connectivity index (χ1v) is 12.8. The maximum Gasteiger partial charge on any atom is 0.354 e. The van der Waals surface area contributed by atoms with Crippen molar-refractivity contribution in [1.82, 2.24) is 29.6 Å². The number of nitrogens with zero attached hydrogens (tertiary/aromatic N) is 5. The molecule has 202 valence electrons. The second-order valence-corrected chi connectivity index (χ2v) is 9.72. The van der Waals surface area contributed by atoms with Gasteiger partial charge in [-0.3, -0.25) is 14.7 Å². The van der Waals surface area contributed by atoms with Crippen LogP contribution in [0.5, 0.6) is 0 Å². The van der Waals surface area contributed by atoms with Crippen molar-refractivity contribution >= 4 is 34.4 Å². The quantitative estimate of drug-likeness (QED) is 0.321. The molecule has 11 nitrogen and oxygen atoms in total. The first-order chi connectivity index (χ1) is 19.4. The Morgan fingerprint density at radius 1 is 1.07 bits per heavy atom. The van der Waals surface area contributed by atoms with Crippen molar-refractivity contribution in [3.8, 4) is 5.82 Å². The van der Waals surface area contributed by atoms with Gasteiger partial charge < -0.3 is 24.1 Å². The summed E-state index contributed by atoms with van der Waals surface area (Å²) in [6.45, 7) is 0. The molecule has 6 rings (SSSR count). The lowest BCUT2D eigenvalue weighted by Crippen LogP contribution is -2.48. The molecular formula is C29H27N7O4. The number of nitrogens with one attached hydrogen (secondary N) is 2. The van der Waals surface area contributed by atoms with Crippen molar-refractivity contribution in [1.29, 1.82) is 0 Å². The van der Waals surface area contributed by atoms with Crippen LogP contribution in [0.4, 0.5) is 5.69 Å². The van der Waals surface area contributed by atoms with Crippen molar-refractivity contribution in [3.63, 3.8) is 0 Å². The molecule has 0 aliphatic carbocycles. The fourth-order valence-corrected chi connectivity index (χ4v) is 5.28. The standard InChI is InChI=1S/C29H27N7O4/c1-34-22(29(39)40-3)12-13-24(34)36-16-18-15-19(28(38)35(2)20-10-7-11-21(36)25(18)20)30-27(37)26-31-23(32-33-26)14-17-8-5-4-6-9-17/h4-13,16,19H,14-15H2,1-3H3,(H,30,37)(H,31,32,33)/t19-/m0/s1. The van der Waals surface area contributed by atoms with Gasteiger partial charge >= 0.3 is 5.97 Å². The number of likely N-dealkylation sites (N-methyl/N-ethyl adjacent to an activating group) is 1. The Morgan fingerprint density at radius 2 is 1.88 bits per heavy atom. The predicted molar refractivity (Wildman–Crippen MR) is 148 cm³/mol. The van der Waals surface area contributed by atoms with Crippen molar-refractivity contribution in [3.05, 3.63) is 95.3 Å². The highest BCUT2D eigenvalue weighted by Gasteiger charge is 2.33. The van der Waals surface area contributed by atoms with E-state index < -0.39 is 17.9 Å². The summed E-state index contributed by atoms with van der Waals surface area (Å²) in [5, 5.41) is 10.7. The molecule has 3 aromatic heterocycles. The van der Waals surface area contributed by atoms with E-state index in [-0.39, 0.29) is 18.2 Å². The van der Waals surface area contributed by atoms with Crippen LogP contribution < -0.4 is 10.2 Å². The number of ether oxygens (including phenoxy) is 1. The van der Waals surface area contributed by atoms with Crippen LogP contribution in [0.25, 0.3) is 16.7 Å². The molecule has 2 amide bonds. The molecule has 4 heterocycles. The SMILES string of the molecule is COC(=O)c1ccc(-n2cc3c4c(cccc42)N(C)C(=O)[C@@H](NC(=O)c2n[nH]c(Cc4ccccc4)n2)C3)n1C. The molecule has 1 aliphatic heterocycles. The molecule has 0 saturated carbocycles. The number of esters is 1. The van der Waals surface area contributed by atoms with Gasteiger partial charge in [-0.1, -0.05) is 36.4 Å². The summed E-state index contributed by atoms with van der Waals surface area (Å²) in [7, 11) is 4.84. The fraction of sp³-hybridized carbons (Fsp3) is 0.207. The van der Waals surface area contributed by atoms with Crippen molar-refractivity contribution < 1.29 is 19.1 Å². The maximum atomic E-state index is 13.5.